The Hall–Kier alpha value is -2.66. The van der Waals surface area contributed by atoms with Gasteiger partial charge in [-0.3, -0.25) is 0 Å². The lowest BCUT2D eigenvalue weighted by Gasteiger charge is -2.05. The average molecular weight is 350 g/mol. The molecule has 26 heavy (non-hydrogen) atoms. The summed E-state index contributed by atoms with van der Waals surface area (Å²) in [6.07, 6.45) is 9.81. The summed E-state index contributed by atoms with van der Waals surface area (Å²) in [5, 5.41) is 0. The fourth-order valence-corrected chi connectivity index (χ4v) is 2.61. The minimum absolute atomic E-state index is 0.247. The van der Waals surface area contributed by atoms with Crippen LogP contribution in [0.2, 0.25) is 0 Å². The zero-order chi connectivity index (χ0) is 18.8. The zero-order valence-electron chi connectivity index (χ0n) is 15.2. The normalized spacial score (nSPS) is 10.6. The van der Waals surface area contributed by atoms with Crippen molar-refractivity contribution in [2.24, 2.45) is 0 Å². The van der Waals surface area contributed by atoms with Crippen molar-refractivity contribution < 1.29 is 8.78 Å². The second-order valence-corrected chi connectivity index (χ2v) is 6.12. The average Bonchev–Trinajstić information content (AvgIpc) is 2.63. The number of benzene rings is 2. The second kappa shape index (κ2) is 10.4. The molecule has 2 aromatic carbocycles. The first kappa shape index (κ1) is 19.7. The maximum Gasteiger partial charge on any atom is 0.131 e. The molecule has 2 heteroatoms. The van der Waals surface area contributed by atoms with E-state index in [1.165, 1.54) is 12.1 Å². The van der Waals surface area contributed by atoms with E-state index in [0.29, 0.717) is 28.7 Å². The maximum atomic E-state index is 14.2. The highest BCUT2D eigenvalue weighted by atomic mass is 19.1. The van der Waals surface area contributed by atoms with Crippen molar-refractivity contribution in [3.8, 4) is 11.8 Å². The van der Waals surface area contributed by atoms with E-state index in [1.54, 1.807) is 30.3 Å². The van der Waals surface area contributed by atoms with E-state index in [4.69, 9.17) is 0 Å². The molecule has 0 saturated heterocycles. The Bertz CT molecular complexity index is 835. The van der Waals surface area contributed by atoms with Crippen molar-refractivity contribution >= 4 is 6.08 Å². The molecule has 0 aliphatic heterocycles. The lowest BCUT2D eigenvalue weighted by atomic mass is 10.0. The summed E-state index contributed by atoms with van der Waals surface area (Å²) >= 11 is 0. The lowest BCUT2D eigenvalue weighted by Crippen LogP contribution is -1.95. The molecular weight excluding hydrogens is 326 g/mol. The standard InChI is InChI=1S/C24H24F2/c1-3-5-7-10-21-17-15-19(18-24(21)26)14-16-20-11-9-13-23(25)22(20)12-8-6-4-2/h4,7,9-11,13,15,17-18H,2-3,5-6,8,12H2,1H3/b10-7+. The number of hydrogen-bond acceptors (Lipinski definition) is 0. The van der Waals surface area contributed by atoms with Crippen LogP contribution in [-0.2, 0) is 6.42 Å². The molecule has 0 nitrogen and oxygen atoms in total. The summed E-state index contributed by atoms with van der Waals surface area (Å²) < 4.78 is 28.3. The van der Waals surface area contributed by atoms with Crippen molar-refractivity contribution in [1.82, 2.24) is 0 Å². The van der Waals surface area contributed by atoms with Gasteiger partial charge in [0.05, 0.1) is 0 Å². The van der Waals surface area contributed by atoms with E-state index in [9.17, 15) is 8.78 Å². The molecule has 0 saturated carbocycles. The number of rotatable bonds is 7. The largest absolute Gasteiger partial charge is 0.207 e. The summed E-state index contributed by atoms with van der Waals surface area (Å²) in [6.45, 7) is 5.77. The van der Waals surface area contributed by atoms with Crippen molar-refractivity contribution in [2.75, 3.05) is 0 Å². The van der Waals surface area contributed by atoms with Crippen LogP contribution in [0.4, 0.5) is 8.78 Å². The first-order chi connectivity index (χ1) is 12.7. The molecule has 0 aromatic heterocycles. The quantitative estimate of drug-likeness (QED) is 0.296. The van der Waals surface area contributed by atoms with Crippen LogP contribution in [0.15, 0.2) is 55.1 Å². The molecule has 0 amide bonds. The molecule has 0 aliphatic rings. The summed E-state index contributed by atoms with van der Waals surface area (Å²) in [5.74, 6) is 5.41. The van der Waals surface area contributed by atoms with Gasteiger partial charge in [0.1, 0.15) is 11.6 Å². The third-order valence-electron chi connectivity index (χ3n) is 4.05. The topological polar surface area (TPSA) is 0 Å². The first-order valence-corrected chi connectivity index (χ1v) is 9.02. The van der Waals surface area contributed by atoms with Gasteiger partial charge in [0, 0.05) is 22.3 Å². The number of halogens is 2. The van der Waals surface area contributed by atoms with Crippen molar-refractivity contribution in [3.05, 3.63) is 89.0 Å². The Balaban J connectivity index is 2.22. The number of unbranched alkanes of at least 4 members (excludes halogenated alkanes) is 2. The predicted octanol–water partition coefficient (Wildman–Crippen LogP) is 6.69. The molecule has 0 bridgehead atoms. The molecule has 2 aromatic rings. The molecule has 0 unspecified atom stereocenters. The maximum absolute atomic E-state index is 14.2. The number of hydrogen-bond donors (Lipinski definition) is 0. The SMILES string of the molecule is C=CCCCc1c(F)cccc1C#Cc1ccc(/C=C/CCC)c(F)c1. The van der Waals surface area contributed by atoms with Gasteiger partial charge in [-0.05, 0) is 49.9 Å². The Morgan fingerprint density at radius 2 is 1.88 bits per heavy atom. The van der Waals surface area contributed by atoms with Crippen LogP contribution >= 0.6 is 0 Å². The molecule has 0 spiro atoms. The third kappa shape index (κ3) is 5.70. The van der Waals surface area contributed by atoms with Gasteiger partial charge in [-0.25, -0.2) is 8.78 Å². The minimum Gasteiger partial charge on any atom is -0.207 e. The highest BCUT2D eigenvalue weighted by Gasteiger charge is 2.06. The smallest absolute Gasteiger partial charge is 0.131 e. The monoisotopic (exact) mass is 350 g/mol. The van der Waals surface area contributed by atoms with Crippen molar-refractivity contribution in [3.63, 3.8) is 0 Å². The van der Waals surface area contributed by atoms with Gasteiger partial charge in [0.25, 0.3) is 0 Å². The molecule has 0 fully saturated rings. The van der Waals surface area contributed by atoms with Crippen LogP contribution in [0, 0.1) is 23.5 Å². The zero-order valence-corrected chi connectivity index (χ0v) is 15.2. The Morgan fingerprint density at radius 3 is 2.62 bits per heavy atom. The molecule has 2 rings (SSSR count). The molecule has 0 radical (unpaired) electrons. The van der Waals surface area contributed by atoms with E-state index >= 15 is 0 Å². The van der Waals surface area contributed by atoms with Crippen LogP contribution < -0.4 is 0 Å². The second-order valence-electron chi connectivity index (χ2n) is 6.12. The Labute approximate surface area is 155 Å². The fraction of sp³-hybridized carbons (Fsp3) is 0.250. The number of allylic oxidation sites excluding steroid dienone is 2. The Morgan fingerprint density at radius 1 is 1.04 bits per heavy atom. The van der Waals surface area contributed by atoms with Crippen LogP contribution in [0.25, 0.3) is 6.08 Å². The van der Waals surface area contributed by atoms with Crippen LogP contribution in [-0.4, -0.2) is 0 Å². The first-order valence-electron chi connectivity index (χ1n) is 9.02. The van der Waals surface area contributed by atoms with Gasteiger partial charge in [0.2, 0.25) is 0 Å². The molecule has 0 atom stereocenters. The summed E-state index contributed by atoms with van der Waals surface area (Å²) in [5.41, 5.74) is 2.40. The summed E-state index contributed by atoms with van der Waals surface area (Å²) in [4.78, 5) is 0. The van der Waals surface area contributed by atoms with Crippen molar-refractivity contribution in [2.45, 2.75) is 39.0 Å². The Kier molecular flexibility index (Phi) is 7.83. The molecule has 0 aliphatic carbocycles. The van der Waals surface area contributed by atoms with Crippen LogP contribution in [0.5, 0.6) is 0 Å². The van der Waals surface area contributed by atoms with E-state index in [-0.39, 0.29) is 11.6 Å². The van der Waals surface area contributed by atoms with E-state index < -0.39 is 0 Å². The minimum atomic E-state index is -0.297. The van der Waals surface area contributed by atoms with Crippen molar-refractivity contribution in [1.29, 1.82) is 0 Å². The van der Waals surface area contributed by atoms with Gasteiger partial charge in [-0.15, -0.1) is 6.58 Å². The van der Waals surface area contributed by atoms with Gasteiger partial charge in [-0.2, -0.15) is 0 Å². The molecule has 0 heterocycles. The molecule has 134 valence electrons. The highest BCUT2D eigenvalue weighted by molar-refractivity contribution is 5.54. The van der Waals surface area contributed by atoms with Crippen LogP contribution in [0.3, 0.4) is 0 Å². The van der Waals surface area contributed by atoms with E-state index in [0.717, 1.165) is 25.7 Å². The van der Waals surface area contributed by atoms with E-state index in [2.05, 4.69) is 25.3 Å². The summed E-state index contributed by atoms with van der Waals surface area (Å²) in [7, 11) is 0. The van der Waals surface area contributed by atoms with Gasteiger partial charge < -0.3 is 0 Å². The third-order valence-corrected chi connectivity index (χ3v) is 4.05. The van der Waals surface area contributed by atoms with Crippen LogP contribution in [0.1, 0.15) is 54.9 Å². The van der Waals surface area contributed by atoms with Gasteiger partial charge >= 0.3 is 0 Å². The highest BCUT2D eigenvalue weighted by Crippen LogP contribution is 2.17. The fourth-order valence-electron chi connectivity index (χ4n) is 2.61. The van der Waals surface area contributed by atoms with Gasteiger partial charge in [-0.1, -0.05) is 55.5 Å². The van der Waals surface area contributed by atoms with Gasteiger partial charge in [0.15, 0.2) is 0 Å². The molecular formula is C24H24F2. The van der Waals surface area contributed by atoms with E-state index in [1.807, 2.05) is 12.2 Å². The summed E-state index contributed by atoms with van der Waals surface area (Å²) in [6, 6.07) is 9.84. The predicted molar refractivity (Wildman–Crippen MR) is 106 cm³/mol. The lowest BCUT2D eigenvalue weighted by molar-refractivity contribution is 0.604. The molecule has 0 N–H and O–H groups in total.